The van der Waals surface area contributed by atoms with Crippen molar-refractivity contribution >= 4 is 0 Å². The molecule has 2 atom stereocenters. The van der Waals surface area contributed by atoms with Crippen LogP contribution in [0.25, 0.3) is 0 Å². The highest BCUT2D eigenvalue weighted by Gasteiger charge is 2.09. The summed E-state index contributed by atoms with van der Waals surface area (Å²) in [6, 6.07) is 8.49. The van der Waals surface area contributed by atoms with Gasteiger partial charge in [-0.25, -0.2) is 0 Å². The summed E-state index contributed by atoms with van der Waals surface area (Å²) in [7, 11) is 0. The van der Waals surface area contributed by atoms with E-state index in [0.717, 1.165) is 12.4 Å². The maximum absolute atomic E-state index is 5.77. The zero-order valence-corrected chi connectivity index (χ0v) is 13.7. The van der Waals surface area contributed by atoms with Crippen LogP contribution in [-0.4, -0.2) is 12.9 Å². The van der Waals surface area contributed by atoms with Crippen molar-refractivity contribution < 1.29 is 9.47 Å². The van der Waals surface area contributed by atoms with Crippen molar-refractivity contribution in [3.8, 4) is 5.75 Å². The van der Waals surface area contributed by atoms with Gasteiger partial charge >= 0.3 is 0 Å². The molecule has 0 N–H and O–H groups in total. The standard InChI is InChI=1S/C18H30O2/c1-6-8-16(7-2)17-9-11-18(12-10-17)20-15(5)19-13-14(3)4/h9-12,14-16H,6-8,13H2,1-5H3. The number of hydrogen-bond acceptors (Lipinski definition) is 2. The lowest BCUT2D eigenvalue weighted by atomic mass is 9.92. The van der Waals surface area contributed by atoms with Gasteiger partial charge in [0.1, 0.15) is 5.75 Å². The van der Waals surface area contributed by atoms with Crippen LogP contribution in [0.1, 0.15) is 65.4 Å². The Morgan fingerprint density at radius 2 is 1.65 bits per heavy atom. The van der Waals surface area contributed by atoms with Crippen LogP contribution in [-0.2, 0) is 4.74 Å². The Labute approximate surface area is 124 Å². The molecule has 0 aliphatic carbocycles. The highest BCUT2D eigenvalue weighted by molar-refractivity contribution is 5.29. The molecule has 0 saturated heterocycles. The summed E-state index contributed by atoms with van der Waals surface area (Å²) in [5.41, 5.74) is 1.41. The summed E-state index contributed by atoms with van der Waals surface area (Å²) in [4.78, 5) is 0. The van der Waals surface area contributed by atoms with Crippen molar-refractivity contribution in [1.82, 2.24) is 0 Å². The van der Waals surface area contributed by atoms with E-state index in [1.807, 2.05) is 6.92 Å². The first-order valence-corrected chi connectivity index (χ1v) is 7.95. The topological polar surface area (TPSA) is 18.5 Å². The quantitative estimate of drug-likeness (QED) is 0.565. The lowest BCUT2D eigenvalue weighted by Gasteiger charge is -2.18. The minimum atomic E-state index is -0.194. The smallest absolute Gasteiger partial charge is 0.196 e. The normalized spacial score (nSPS) is 14.3. The molecule has 2 unspecified atom stereocenters. The van der Waals surface area contributed by atoms with Gasteiger partial charge in [-0.2, -0.15) is 0 Å². The van der Waals surface area contributed by atoms with E-state index >= 15 is 0 Å². The molecular formula is C18H30O2. The van der Waals surface area contributed by atoms with Gasteiger partial charge in [0.2, 0.25) is 0 Å². The number of hydrogen-bond donors (Lipinski definition) is 0. The van der Waals surface area contributed by atoms with Gasteiger partial charge in [0.05, 0.1) is 6.61 Å². The van der Waals surface area contributed by atoms with E-state index in [9.17, 15) is 0 Å². The monoisotopic (exact) mass is 278 g/mol. The minimum absolute atomic E-state index is 0.194. The largest absolute Gasteiger partial charge is 0.465 e. The molecule has 1 rings (SSSR count). The lowest BCUT2D eigenvalue weighted by molar-refractivity contribution is -0.0755. The van der Waals surface area contributed by atoms with Crippen LogP contribution in [0.2, 0.25) is 0 Å². The molecule has 20 heavy (non-hydrogen) atoms. The van der Waals surface area contributed by atoms with Crippen LogP contribution < -0.4 is 4.74 Å². The van der Waals surface area contributed by atoms with Crippen LogP contribution >= 0.6 is 0 Å². The second-order valence-corrected chi connectivity index (χ2v) is 5.88. The van der Waals surface area contributed by atoms with Crippen LogP contribution in [0.5, 0.6) is 5.75 Å². The maximum atomic E-state index is 5.77. The third kappa shape index (κ3) is 5.96. The third-order valence-corrected chi connectivity index (χ3v) is 3.45. The summed E-state index contributed by atoms with van der Waals surface area (Å²) in [6.07, 6.45) is 3.49. The number of benzene rings is 1. The van der Waals surface area contributed by atoms with E-state index < -0.39 is 0 Å². The molecule has 0 aromatic heterocycles. The van der Waals surface area contributed by atoms with E-state index in [1.165, 1.54) is 24.8 Å². The molecular weight excluding hydrogens is 248 g/mol. The molecule has 0 aliphatic heterocycles. The average molecular weight is 278 g/mol. The van der Waals surface area contributed by atoms with Crippen molar-refractivity contribution in [2.45, 2.75) is 66.1 Å². The fraction of sp³-hybridized carbons (Fsp3) is 0.667. The lowest BCUT2D eigenvalue weighted by Crippen LogP contribution is -2.19. The molecule has 1 aromatic carbocycles. The molecule has 0 heterocycles. The summed E-state index contributed by atoms with van der Waals surface area (Å²) in [5, 5.41) is 0. The number of ether oxygens (including phenoxy) is 2. The van der Waals surface area contributed by atoms with Gasteiger partial charge in [0, 0.05) is 0 Å². The van der Waals surface area contributed by atoms with Gasteiger partial charge in [0.15, 0.2) is 6.29 Å². The van der Waals surface area contributed by atoms with Crippen molar-refractivity contribution in [3.05, 3.63) is 29.8 Å². The molecule has 2 heteroatoms. The fourth-order valence-electron chi connectivity index (χ4n) is 2.33. The SMILES string of the molecule is CCCC(CC)c1ccc(OC(C)OCC(C)C)cc1. The molecule has 0 saturated carbocycles. The maximum Gasteiger partial charge on any atom is 0.196 e. The zero-order valence-electron chi connectivity index (χ0n) is 13.7. The summed E-state index contributed by atoms with van der Waals surface area (Å²) < 4.78 is 11.4. The second kappa shape index (κ2) is 9.02. The van der Waals surface area contributed by atoms with E-state index in [0.29, 0.717) is 11.8 Å². The Morgan fingerprint density at radius 1 is 1.00 bits per heavy atom. The second-order valence-electron chi connectivity index (χ2n) is 5.88. The Balaban J connectivity index is 2.53. The Morgan fingerprint density at radius 3 is 2.15 bits per heavy atom. The van der Waals surface area contributed by atoms with Crippen LogP contribution in [0.15, 0.2) is 24.3 Å². The minimum Gasteiger partial charge on any atom is -0.465 e. The van der Waals surface area contributed by atoms with Gasteiger partial charge in [-0.3, -0.25) is 0 Å². The van der Waals surface area contributed by atoms with Gasteiger partial charge in [-0.15, -0.1) is 0 Å². The first-order valence-electron chi connectivity index (χ1n) is 7.95. The molecule has 0 spiro atoms. The van der Waals surface area contributed by atoms with Crippen molar-refractivity contribution in [3.63, 3.8) is 0 Å². The molecule has 0 fully saturated rings. The predicted molar refractivity (Wildman–Crippen MR) is 85.3 cm³/mol. The van der Waals surface area contributed by atoms with E-state index in [4.69, 9.17) is 9.47 Å². The van der Waals surface area contributed by atoms with Crippen molar-refractivity contribution in [2.75, 3.05) is 6.61 Å². The molecule has 0 bridgehead atoms. The Kier molecular flexibility index (Phi) is 7.68. The summed E-state index contributed by atoms with van der Waals surface area (Å²) >= 11 is 0. The zero-order chi connectivity index (χ0) is 15.0. The molecule has 1 aromatic rings. The third-order valence-electron chi connectivity index (χ3n) is 3.45. The van der Waals surface area contributed by atoms with E-state index in [-0.39, 0.29) is 6.29 Å². The van der Waals surface area contributed by atoms with Crippen LogP contribution in [0, 0.1) is 5.92 Å². The predicted octanol–water partition coefficient (Wildman–Crippen LogP) is 5.38. The first-order chi connectivity index (χ1) is 9.56. The molecule has 0 amide bonds. The van der Waals surface area contributed by atoms with Crippen LogP contribution in [0.3, 0.4) is 0 Å². The highest BCUT2D eigenvalue weighted by Crippen LogP contribution is 2.26. The molecule has 0 radical (unpaired) electrons. The highest BCUT2D eigenvalue weighted by atomic mass is 16.7. The first kappa shape index (κ1) is 17.0. The molecule has 2 nitrogen and oxygen atoms in total. The molecule has 114 valence electrons. The average Bonchev–Trinajstić information content (AvgIpc) is 2.43. The molecule has 0 aliphatic rings. The van der Waals surface area contributed by atoms with Crippen molar-refractivity contribution in [2.24, 2.45) is 5.92 Å². The Hall–Kier alpha value is -1.02. The van der Waals surface area contributed by atoms with Gasteiger partial charge in [-0.05, 0) is 49.3 Å². The van der Waals surface area contributed by atoms with Gasteiger partial charge in [0.25, 0.3) is 0 Å². The van der Waals surface area contributed by atoms with Crippen LogP contribution in [0.4, 0.5) is 0 Å². The van der Waals surface area contributed by atoms with E-state index in [2.05, 4.69) is 52.0 Å². The van der Waals surface area contributed by atoms with Crippen molar-refractivity contribution in [1.29, 1.82) is 0 Å². The summed E-state index contributed by atoms with van der Waals surface area (Å²) in [6.45, 7) is 11.5. The van der Waals surface area contributed by atoms with E-state index in [1.54, 1.807) is 0 Å². The fourth-order valence-corrected chi connectivity index (χ4v) is 2.33. The Bertz CT molecular complexity index is 356. The number of rotatable bonds is 9. The van der Waals surface area contributed by atoms with Gasteiger partial charge < -0.3 is 9.47 Å². The summed E-state index contributed by atoms with van der Waals surface area (Å²) in [5.74, 6) is 2.09. The van der Waals surface area contributed by atoms with Gasteiger partial charge in [-0.1, -0.05) is 46.2 Å².